The first kappa shape index (κ1) is 23.7. The van der Waals surface area contributed by atoms with Crippen LogP contribution in [0.4, 0.5) is 13.2 Å². The molecule has 2 fully saturated rings. The zero-order valence-electron chi connectivity index (χ0n) is 17.2. The Hall–Kier alpha value is -1.95. The van der Waals surface area contributed by atoms with Crippen LogP contribution in [0.5, 0.6) is 0 Å². The highest BCUT2D eigenvalue weighted by atomic mass is 35.5. The van der Waals surface area contributed by atoms with Crippen molar-refractivity contribution in [2.24, 2.45) is 5.92 Å². The Morgan fingerprint density at radius 2 is 1.90 bits per heavy atom. The van der Waals surface area contributed by atoms with E-state index in [0.29, 0.717) is 51.0 Å². The second-order valence-corrected chi connectivity index (χ2v) is 8.82. The van der Waals surface area contributed by atoms with Gasteiger partial charge in [-0.3, -0.25) is 19.8 Å². The maximum Gasteiger partial charge on any atom is 0.451 e. The Labute approximate surface area is 183 Å². The standard InChI is InChI=1S/C18H25F3N6O3.ClH/c1-12-8-15(28)26(9-12)17(11-27(29)30)4-2-13(3-5-17)24-6-7-25-14(10-24)22-23-16(25)18(19,20)21;/h12-13H,2-11H2,1H3;1H/t12?,13-,17-;. The molecule has 0 spiro atoms. The molecule has 1 amide bonds. The van der Waals surface area contributed by atoms with Gasteiger partial charge in [0.1, 0.15) is 11.4 Å². The molecule has 31 heavy (non-hydrogen) atoms. The van der Waals surface area contributed by atoms with Gasteiger partial charge >= 0.3 is 6.18 Å². The van der Waals surface area contributed by atoms with Gasteiger partial charge in [0.25, 0.3) is 0 Å². The van der Waals surface area contributed by atoms with E-state index in [-0.39, 0.29) is 54.8 Å². The van der Waals surface area contributed by atoms with E-state index in [0.717, 1.165) is 4.57 Å². The predicted octanol–water partition coefficient (Wildman–Crippen LogP) is 2.36. The van der Waals surface area contributed by atoms with Gasteiger partial charge in [0, 0.05) is 37.0 Å². The van der Waals surface area contributed by atoms with Crippen LogP contribution >= 0.6 is 12.4 Å². The van der Waals surface area contributed by atoms with Crippen LogP contribution in [-0.4, -0.2) is 66.6 Å². The lowest BCUT2D eigenvalue weighted by atomic mass is 9.77. The molecule has 3 heterocycles. The summed E-state index contributed by atoms with van der Waals surface area (Å²) >= 11 is 0. The molecule has 1 atom stereocenters. The lowest BCUT2D eigenvalue weighted by molar-refractivity contribution is -0.496. The highest BCUT2D eigenvalue weighted by Gasteiger charge is 2.50. The maximum atomic E-state index is 13.0. The quantitative estimate of drug-likeness (QED) is 0.499. The van der Waals surface area contributed by atoms with Crippen molar-refractivity contribution >= 4 is 18.3 Å². The van der Waals surface area contributed by atoms with Crippen LogP contribution in [0.15, 0.2) is 0 Å². The molecule has 1 saturated carbocycles. The normalized spacial score (nSPS) is 29.5. The average molecular weight is 467 g/mol. The minimum Gasteiger partial charge on any atom is -0.330 e. The number of halogens is 4. The number of fused-ring (bicyclic) bond motifs is 1. The molecule has 1 aliphatic carbocycles. The lowest BCUT2D eigenvalue weighted by Crippen LogP contribution is -2.58. The predicted molar refractivity (Wildman–Crippen MR) is 105 cm³/mol. The zero-order valence-corrected chi connectivity index (χ0v) is 18.0. The van der Waals surface area contributed by atoms with Crippen molar-refractivity contribution in [3.8, 4) is 0 Å². The monoisotopic (exact) mass is 466 g/mol. The SMILES string of the molecule is CC1CC(=O)N([C@]2(C[N+](=O)[O-])CC[C@@H](N3CCn4c(nnc4C(F)(F)F)C3)CC2)C1.Cl. The van der Waals surface area contributed by atoms with Crippen LogP contribution in [0.2, 0.25) is 0 Å². The molecular weight excluding hydrogens is 441 g/mol. The highest BCUT2D eigenvalue weighted by Crippen LogP contribution is 2.40. The van der Waals surface area contributed by atoms with Crippen molar-refractivity contribution in [3.63, 3.8) is 0 Å². The number of nitro groups is 1. The topological polar surface area (TPSA) is 97.4 Å². The number of amides is 1. The summed E-state index contributed by atoms with van der Waals surface area (Å²) in [5.41, 5.74) is -0.763. The minimum absolute atomic E-state index is 0. The molecule has 1 unspecified atom stereocenters. The van der Waals surface area contributed by atoms with Crippen LogP contribution in [0.3, 0.4) is 0 Å². The third-order valence-electron chi connectivity index (χ3n) is 6.75. The zero-order chi connectivity index (χ0) is 21.7. The average Bonchev–Trinajstić information content (AvgIpc) is 3.24. The van der Waals surface area contributed by atoms with Crippen molar-refractivity contribution < 1.29 is 22.9 Å². The molecule has 2 aliphatic heterocycles. The van der Waals surface area contributed by atoms with Gasteiger partial charge in [-0.1, -0.05) is 6.92 Å². The lowest BCUT2D eigenvalue weighted by Gasteiger charge is -2.46. The molecule has 1 aromatic heterocycles. The van der Waals surface area contributed by atoms with E-state index >= 15 is 0 Å². The molecule has 3 aliphatic rings. The largest absolute Gasteiger partial charge is 0.451 e. The fourth-order valence-electron chi connectivity index (χ4n) is 5.30. The molecule has 1 aromatic rings. The number of nitrogens with zero attached hydrogens (tertiary/aromatic N) is 6. The van der Waals surface area contributed by atoms with Gasteiger partial charge in [-0.25, -0.2) is 0 Å². The molecule has 174 valence electrons. The second kappa shape index (κ2) is 8.53. The number of rotatable bonds is 4. The van der Waals surface area contributed by atoms with E-state index in [4.69, 9.17) is 0 Å². The first-order valence-corrected chi connectivity index (χ1v) is 10.2. The summed E-state index contributed by atoms with van der Waals surface area (Å²) in [6.45, 7) is 3.14. The third-order valence-corrected chi connectivity index (χ3v) is 6.75. The Kier molecular flexibility index (Phi) is 6.52. The first-order valence-electron chi connectivity index (χ1n) is 10.2. The van der Waals surface area contributed by atoms with Crippen LogP contribution in [0, 0.1) is 16.0 Å². The van der Waals surface area contributed by atoms with E-state index < -0.39 is 17.5 Å². The van der Waals surface area contributed by atoms with E-state index in [1.165, 1.54) is 0 Å². The number of hydrogen-bond acceptors (Lipinski definition) is 6. The maximum absolute atomic E-state index is 13.0. The highest BCUT2D eigenvalue weighted by molar-refractivity contribution is 5.85. The smallest absolute Gasteiger partial charge is 0.330 e. The number of carbonyl (C=O) groups excluding carboxylic acids is 1. The number of alkyl halides is 3. The molecule has 0 N–H and O–H groups in total. The van der Waals surface area contributed by atoms with Crippen molar-refractivity contribution in [3.05, 3.63) is 21.8 Å². The molecule has 0 aromatic carbocycles. The summed E-state index contributed by atoms with van der Waals surface area (Å²) in [7, 11) is 0. The second-order valence-electron chi connectivity index (χ2n) is 8.82. The molecule has 9 nitrogen and oxygen atoms in total. The first-order chi connectivity index (χ1) is 14.1. The molecule has 0 radical (unpaired) electrons. The minimum atomic E-state index is -4.53. The van der Waals surface area contributed by atoms with Gasteiger partial charge in [-0.15, -0.1) is 22.6 Å². The molecule has 1 saturated heterocycles. The summed E-state index contributed by atoms with van der Waals surface area (Å²) in [6, 6.07) is 0.0970. The Morgan fingerprint density at radius 1 is 1.23 bits per heavy atom. The van der Waals surface area contributed by atoms with Gasteiger partial charge in [0.05, 0.1) is 6.54 Å². The van der Waals surface area contributed by atoms with Crippen molar-refractivity contribution in [1.82, 2.24) is 24.6 Å². The van der Waals surface area contributed by atoms with Gasteiger partial charge in [0.15, 0.2) is 0 Å². The van der Waals surface area contributed by atoms with Crippen LogP contribution in [-0.2, 0) is 24.1 Å². The van der Waals surface area contributed by atoms with Crippen LogP contribution < -0.4 is 0 Å². The number of carbonyl (C=O) groups is 1. The van der Waals surface area contributed by atoms with Gasteiger partial charge in [-0.2, -0.15) is 13.2 Å². The van der Waals surface area contributed by atoms with Crippen LogP contribution in [0.25, 0.3) is 0 Å². The van der Waals surface area contributed by atoms with Gasteiger partial charge in [0.2, 0.25) is 18.3 Å². The van der Waals surface area contributed by atoms with E-state index in [1.54, 1.807) is 4.90 Å². The fourth-order valence-corrected chi connectivity index (χ4v) is 5.30. The van der Waals surface area contributed by atoms with Crippen molar-refractivity contribution in [1.29, 1.82) is 0 Å². The number of aromatic nitrogens is 3. The summed E-state index contributed by atoms with van der Waals surface area (Å²) in [6.07, 6.45) is -1.74. The van der Waals surface area contributed by atoms with E-state index in [9.17, 15) is 28.1 Å². The number of hydrogen-bond donors (Lipinski definition) is 0. The molecule has 13 heteroatoms. The Morgan fingerprint density at radius 3 is 2.45 bits per heavy atom. The fraction of sp³-hybridized carbons (Fsp3) is 0.833. The van der Waals surface area contributed by atoms with Crippen LogP contribution in [0.1, 0.15) is 50.7 Å². The molecular formula is C18H26ClF3N6O3. The molecule has 0 bridgehead atoms. The Balaban J connectivity index is 0.00000272. The van der Waals surface area contributed by atoms with E-state index in [2.05, 4.69) is 15.1 Å². The third kappa shape index (κ3) is 4.50. The van der Waals surface area contributed by atoms with Gasteiger partial charge < -0.3 is 9.47 Å². The summed E-state index contributed by atoms with van der Waals surface area (Å²) in [4.78, 5) is 27.3. The van der Waals surface area contributed by atoms with Crippen molar-refractivity contribution in [2.75, 3.05) is 19.6 Å². The van der Waals surface area contributed by atoms with Gasteiger partial charge in [-0.05, 0) is 31.6 Å². The van der Waals surface area contributed by atoms with E-state index in [1.807, 2.05) is 6.92 Å². The number of likely N-dealkylation sites (tertiary alicyclic amines) is 1. The van der Waals surface area contributed by atoms with Crippen molar-refractivity contribution in [2.45, 2.75) is 69.9 Å². The summed E-state index contributed by atoms with van der Waals surface area (Å²) < 4.78 is 40.2. The summed E-state index contributed by atoms with van der Waals surface area (Å²) in [5, 5.41) is 18.4. The Bertz CT molecular complexity index is 840. The molecule has 4 rings (SSSR count). The summed E-state index contributed by atoms with van der Waals surface area (Å²) in [5.74, 6) is -0.504.